The van der Waals surface area contributed by atoms with Crippen molar-refractivity contribution in [2.75, 3.05) is 0 Å². The monoisotopic (exact) mass is 438 g/mol. The number of thiazole rings is 1. The fourth-order valence-corrected chi connectivity index (χ4v) is 4.25. The molecule has 1 heterocycles. The predicted octanol–water partition coefficient (Wildman–Crippen LogP) is 4.99. The number of hydrogen-bond acceptors (Lipinski definition) is 2. The van der Waals surface area contributed by atoms with Gasteiger partial charge in [-0.1, -0.05) is 49.3 Å². The molecule has 0 aliphatic rings. The molecular formula is C16H12Br2N2OS. The van der Waals surface area contributed by atoms with Gasteiger partial charge in [0.25, 0.3) is 5.91 Å². The molecule has 112 valence electrons. The zero-order valence-electron chi connectivity index (χ0n) is 11.7. The van der Waals surface area contributed by atoms with Gasteiger partial charge in [0.1, 0.15) is 0 Å². The van der Waals surface area contributed by atoms with Gasteiger partial charge < -0.3 is 4.57 Å². The van der Waals surface area contributed by atoms with Crippen molar-refractivity contribution in [1.82, 2.24) is 4.57 Å². The van der Waals surface area contributed by atoms with Gasteiger partial charge in [-0.15, -0.1) is 0 Å². The van der Waals surface area contributed by atoms with Gasteiger partial charge in [0, 0.05) is 21.1 Å². The van der Waals surface area contributed by atoms with Crippen molar-refractivity contribution in [2.24, 2.45) is 4.99 Å². The first kappa shape index (κ1) is 15.6. The zero-order chi connectivity index (χ0) is 15.7. The fourth-order valence-electron chi connectivity index (χ4n) is 2.21. The first-order valence-corrected chi connectivity index (χ1v) is 9.12. The van der Waals surface area contributed by atoms with Gasteiger partial charge in [0.05, 0.1) is 10.2 Å². The Hall–Kier alpha value is -1.24. The lowest BCUT2D eigenvalue weighted by molar-refractivity contribution is 0.0998. The van der Waals surface area contributed by atoms with Gasteiger partial charge in [-0.2, -0.15) is 4.99 Å². The molecule has 6 heteroatoms. The van der Waals surface area contributed by atoms with E-state index in [2.05, 4.69) is 54.4 Å². The van der Waals surface area contributed by atoms with Gasteiger partial charge in [-0.3, -0.25) is 4.79 Å². The van der Waals surface area contributed by atoms with Gasteiger partial charge >= 0.3 is 0 Å². The smallest absolute Gasteiger partial charge is 0.279 e. The van der Waals surface area contributed by atoms with E-state index in [1.807, 2.05) is 24.3 Å². The minimum atomic E-state index is -0.228. The molecule has 0 unspecified atom stereocenters. The Labute approximate surface area is 148 Å². The van der Waals surface area contributed by atoms with Crippen LogP contribution in [-0.4, -0.2) is 10.5 Å². The van der Waals surface area contributed by atoms with Crippen molar-refractivity contribution in [3.63, 3.8) is 0 Å². The Bertz CT molecular complexity index is 927. The van der Waals surface area contributed by atoms with Crippen LogP contribution in [0.3, 0.4) is 0 Å². The maximum absolute atomic E-state index is 12.4. The van der Waals surface area contributed by atoms with Crippen LogP contribution in [0.15, 0.2) is 56.4 Å². The van der Waals surface area contributed by atoms with Crippen LogP contribution >= 0.6 is 43.2 Å². The van der Waals surface area contributed by atoms with E-state index in [9.17, 15) is 4.79 Å². The van der Waals surface area contributed by atoms with Crippen molar-refractivity contribution in [2.45, 2.75) is 13.5 Å². The molecule has 0 saturated heterocycles. The van der Waals surface area contributed by atoms with Crippen molar-refractivity contribution in [3.8, 4) is 0 Å². The number of amides is 1. The minimum absolute atomic E-state index is 0.228. The third-order valence-corrected chi connectivity index (χ3v) is 5.26. The van der Waals surface area contributed by atoms with E-state index in [0.29, 0.717) is 5.56 Å². The number of carbonyl (C=O) groups excluding carboxylic acids is 1. The van der Waals surface area contributed by atoms with Crippen molar-refractivity contribution < 1.29 is 4.79 Å². The second kappa shape index (κ2) is 6.48. The number of aryl methyl sites for hydroxylation is 1. The van der Waals surface area contributed by atoms with E-state index in [4.69, 9.17) is 0 Å². The Balaban J connectivity index is 2.14. The second-order valence-electron chi connectivity index (χ2n) is 4.67. The summed E-state index contributed by atoms with van der Waals surface area (Å²) in [6.45, 7) is 2.82. The highest BCUT2D eigenvalue weighted by Crippen LogP contribution is 2.22. The normalized spacial score (nSPS) is 12.0. The van der Waals surface area contributed by atoms with E-state index in [1.54, 1.807) is 12.1 Å². The summed E-state index contributed by atoms with van der Waals surface area (Å²) in [6, 6.07) is 13.4. The molecule has 0 fully saturated rings. The molecule has 2 aromatic carbocycles. The molecule has 0 atom stereocenters. The third kappa shape index (κ3) is 3.09. The van der Waals surface area contributed by atoms with E-state index >= 15 is 0 Å². The van der Waals surface area contributed by atoms with E-state index in [1.165, 1.54) is 11.3 Å². The lowest BCUT2D eigenvalue weighted by Gasteiger charge is -2.00. The Morgan fingerprint density at radius 3 is 2.68 bits per heavy atom. The number of nitrogens with zero attached hydrogens (tertiary/aromatic N) is 2. The molecule has 3 nitrogen and oxygen atoms in total. The Morgan fingerprint density at radius 2 is 1.95 bits per heavy atom. The molecule has 1 amide bonds. The van der Waals surface area contributed by atoms with Crippen molar-refractivity contribution in [1.29, 1.82) is 0 Å². The van der Waals surface area contributed by atoms with Crippen LogP contribution in [0.4, 0.5) is 0 Å². The van der Waals surface area contributed by atoms with Gasteiger partial charge in [-0.25, -0.2) is 0 Å². The molecule has 0 N–H and O–H groups in total. The summed E-state index contributed by atoms with van der Waals surface area (Å²) < 4.78 is 5.06. The van der Waals surface area contributed by atoms with Crippen LogP contribution in [0.5, 0.6) is 0 Å². The summed E-state index contributed by atoms with van der Waals surface area (Å²) in [6.07, 6.45) is 0. The molecule has 0 bridgehead atoms. The van der Waals surface area contributed by atoms with Gasteiger partial charge in [0.15, 0.2) is 4.80 Å². The lowest BCUT2D eigenvalue weighted by atomic mass is 10.2. The molecule has 3 rings (SSSR count). The summed E-state index contributed by atoms with van der Waals surface area (Å²) >= 11 is 8.38. The summed E-state index contributed by atoms with van der Waals surface area (Å²) in [5, 5.41) is 0. The molecule has 3 aromatic rings. The SMILES string of the molecule is CCn1c(=NC(=O)c2cccc(Br)c2)sc2cc(Br)ccc21. The Kier molecular flexibility index (Phi) is 4.61. The predicted molar refractivity (Wildman–Crippen MR) is 97.2 cm³/mol. The fraction of sp³-hybridized carbons (Fsp3) is 0.125. The number of carbonyl (C=O) groups is 1. The zero-order valence-corrected chi connectivity index (χ0v) is 15.7. The quantitative estimate of drug-likeness (QED) is 0.553. The summed E-state index contributed by atoms with van der Waals surface area (Å²) in [5.74, 6) is -0.228. The number of halogens is 2. The van der Waals surface area contributed by atoms with E-state index in [0.717, 1.165) is 30.5 Å². The van der Waals surface area contributed by atoms with Crippen LogP contribution in [0.2, 0.25) is 0 Å². The third-order valence-electron chi connectivity index (χ3n) is 3.23. The lowest BCUT2D eigenvalue weighted by Crippen LogP contribution is -2.15. The van der Waals surface area contributed by atoms with Gasteiger partial charge in [0.2, 0.25) is 0 Å². The number of hydrogen-bond donors (Lipinski definition) is 0. The molecule has 1 aromatic heterocycles. The summed E-state index contributed by atoms with van der Waals surface area (Å²) in [7, 11) is 0. The van der Waals surface area contributed by atoms with Crippen molar-refractivity contribution in [3.05, 3.63) is 61.8 Å². The van der Waals surface area contributed by atoms with Crippen molar-refractivity contribution >= 4 is 59.3 Å². The average Bonchev–Trinajstić information content (AvgIpc) is 2.83. The van der Waals surface area contributed by atoms with Crippen LogP contribution < -0.4 is 4.80 Å². The molecule has 0 saturated carbocycles. The molecule has 0 aliphatic heterocycles. The summed E-state index contributed by atoms with van der Waals surface area (Å²) in [4.78, 5) is 17.4. The van der Waals surface area contributed by atoms with E-state index < -0.39 is 0 Å². The molecular weight excluding hydrogens is 428 g/mol. The topological polar surface area (TPSA) is 34.4 Å². The average molecular weight is 440 g/mol. The van der Waals surface area contributed by atoms with E-state index in [-0.39, 0.29) is 5.91 Å². The number of benzene rings is 2. The molecule has 0 aliphatic carbocycles. The largest absolute Gasteiger partial charge is 0.317 e. The maximum Gasteiger partial charge on any atom is 0.279 e. The first-order valence-electron chi connectivity index (χ1n) is 6.72. The molecule has 0 spiro atoms. The molecule has 22 heavy (non-hydrogen) atoms. The van der Waals surface area contributed by atoms with Crippen LogP contribution in [0.25, 0.3) is 10.2 Å². The minimum Gasteiger partial charge on any atom is -0.317 e. The highest BCUT2D eigenvalue weighted by molar-refractivity contribution is 9.10. The number of rotatable bonds is 2. The second-order valence-corrected chi connectivity index (χ2v) is 7.51. The standard InChI is InChI=1S/C16H12Br2N2OS/c1-2-20-13-7-6-12(18)9-14(13)22-16(20)19-15(21)10-4-3-5-11(17)8-10/h3-9H,2H2,1H3. The van der Waals surface area contributed by atoms with Crippen LogP contribution in [0, 0.1) is 0 Å². The number of aromatic nitrogens is 1. The van der Waals surface area contributed by atoms with Crippen LogP contribution in [0.1, 0.15) is 17.3 Å². The number of fused-ring (bicyclic) bond motifs is 1. The Morgan fingerprint density at radius 1 is 1.18 bits per heavy atom. The maximum atomic E-state index is 12.4. The highest BCUT2D eigenvalue weighted by Gasteiger charge is 2.09. The highest BCUT2D eigenvalue weighted by atomic mass is 79.9. The first-order chi connectivity index (χ1) is 10.6. The summed E-state index contributed by atoms with van der Waals surface area (Å²) in [5.41, 5.74) is 1.67. The van der Waals surface area contributed by atoms with Crippen LogP contribution in [-0.2, 0) is 6.54 Å². The molecule has 0 radical (unpaired) electrons. The van der Waals surface area contributed by atoms with Gasteiger partial charge in [-0.05, 0) is 43.3 Å².